The number of hydrogen-bond acceptors (Lipinski definition) is 2. The van der Waals surface area contributed by atoms with Crippen molar-refractivity contribution in [2.45, 2.75) is 13.5 Å². The van der Waals surface area contributed by atoms with Gasteiger partial charge in [-0.25, -0.2) is 4.98 Å². The first-order valence-electron chi connectivity index (χ1n) is 4.36. The number of hydrogen-bond donors (Lipinski definition) is 0. The fraction of sp³-hybridized carbons (Fsp3) is 0.200. The highest BCUT2D eigenvalue weighted by Gasteiger charge is 2.10. The summed E-state index contributed by atoms with van der Waals surface area (Å²) in [6.45, 7) is 2.84. The molecular formula is C10H9BrN2O. The molecule has 0 aliphatic carbocycles. The maximum atomic E-state index is 10.8. The van der Waals surface area contributed by atoms with Crippen LogP contribution in [0.4, 0.5) is 0 Å². The van der Waals surface area contributed by atoms with Crippen molar-refractivity contribution in [3.8, 4) is 0 Å². The first-order valence-corrected chi connectivity index (χ1v) is 5.15. The second kappa shape index (κ2) is 3.53. The van der Waals surface area contributed by atoms with E-state index >= 15 is 0 Å². The minimum absolute atomic E-state index is 0.682. The molecule has 4 heteroatoms. The minimum Gasteiger partial charge on any atom is -0.332 e. The maximum Gasteiger partial charge on any atom is 0.152 e. The first-order chi connectivity index (χ1) is 6.77. The van der Waals surface area contributed by atoms with Crippen LogP contribution in [0.2, 0.25) is 0 Å². The molecule has 72 valence electrons. The molecule has 0 amide bonds. The van der Waals surface area contributed by atoms with Crippen LogP contribution in [0, 0.1) is 0 Å². The minimum atomic E-state index is 0.682. The fourth-order valence-corrected chi connectivity index (χ4v) is 2.06. The highest BCUT2D eigenvalue weighted by molar-refractivity contribution is 9.10. The van der Waals surface area contributed by atoms with Crippen molar-refractivity contribution < 1.29 is 4.79 Å². The number of aryl methyl sites for hydroxylation is 1. The fourth-order valence-electron chi connectivity index (χ4n) is 1.54. The Balaban J connectivity index is 2.89. The summed E-state index contributed by atoms with van der Waals surface area (Å²) in [5.74, 6) is 0. The lowest BCUT2D eigenvalue weighted by molar-refractivity contribution is 0.112. The summed E-state index contributed by atoms with van der Waals surface area (Å²) in [6, 6.07) is 1.84. The van der Waals surface area contributed by atoms with Gasteiger partial charge in [0, 0.05) is 34.4 Å². The molecule has 0 aliphatic rings. The van der Waals surface area contributed by atoms with Crippen LogP contribution in [0.15, 0.2) is 22.9 Å². The molecule has 0 radical (unpaired) electrons. The van der Waals surface area contributed by atoms with Crippen molar-refractivity contribution in [3.05, 3.63) is 28.5 Å². The van der Waals surface area contributed by atoms with E-state index in [0.717, 1.165) is 28.3 Å². The molecule has 2 aromatic rings. The third kappa shape index (κ3) is 1.26. The summed E-state index contributed by atoms with van der Waals surface area (Å²) >= 11 is 3.42. The topological polar surface area (TPSA) is 34.9 Å². The van der Waals surface area contributed by atoms with Crippen molar-refractivity contribution in [2.24, 2.45) is 0 Å². The Labute approximate surface area is 89.9 Å². The van der Waals surface area contributed by atoms with Crippen LogP contribution in [-0.2, 0) is 6.54 Å². The standard InChI is InChI=1S/C10H9BrN2O/c1-2-13-5-7(6-14)9-8(11)3-4-12-10(9)13/h3-6H,2H2,1H3. The predicted octanol–water partition coefficient (Wildman–Crippen LogP) is 2.63. The van der Waals surface area contributed by atoms with Gasteiger partial charge in [-0.3, -0.25) is 4.79 Å². The predicted molar refractivity (Wildman–Crippen MR) is 58.5 cm³/mol. The van der Waals surface area contributed by atoms with Crippen LogP contribution in [0.1, 0.15) is 17.3 Å². The van der Waals surface area contributed by atoms with E-state index in [1.807, 2.05) is 23.8 Å². The Kier molecular flexibility index (Phi) is 2.37. The van der Waals surface area contributed by atoms with E-state index in [4.69, 9.17) is 0 Å². The molecule has 2 rings (SSSR count). The monoisotopic (exact) mass is 252 g/mol. The molecule has 14 heavy (non-hydrogen) atoms. The van der Waals surface area contributed by atoms with Gasteiger partial charge in [0.1, 0.15) is 5.65 Å². The van der Waals surface area contributed by atoms with Crippen molar-refractivity contribution in [1.82, 2.24) is 9.55 Å². The average Bonchev–Trinajstić information content (AvgIpc) is 2.57. The number of aldehydes is 1. The van der Waals surface area contributed by atoms with Crippen LogP contribution in [-0.4, -0.2) is 15.8 Å². The zero-order valence-electron chi connectivity index (χ0n) is 7.70. The first kappa shape index (κ1) is 9.40. The molecule has 0 aliphatic heterocycles. The number of aromatic nitrogens is 2. The van der Waals surface area contributed by atoms with Gasteiger partial charge < -0.3 is 4.57 Å². The summed E-state index contributed by atoms with van der Waals surface area (Å²) < 4.78 is 2.88. The van der Waals surface area contributed by atoms with E-state index in [0.29, 0.717) is 5.56 Å². The van der Waals surface area contributed by atoms with Gasteiger partial charge in [-0.15, -0.1) is 0 Å². The number of pyridine rings is 1. The van der Waals surface area contributed by atoms with Gasteiger partial charge in [0.2, 0.25) is 0 Å². The zero-order valence-corrected chi connectivity index (χ0v) is 9.28. The van der Waals surface area contributed by atoms with E-state index in [-0.39, 0.29) is 0 Å². The largest absolute Gasteiger partial charge is 0.332 e. The lowest BCUT2D eigenvalue weighted by atomic mass is 10.2. The van der Waals surface area contributed by atoms with Gasteiger partial charge in [-0.2, -0.15) is 0 Å². The molecule has 0 saturated heterocycles. The van der Waals surface area contributed by atoms with Crippen LogP contribution in [0.5, 0.6) is 0 Å². The van der Waals surface area contributed by atoms with E-state index in [1.165, 1.54) is 0 Å². The van der Waals surface area contributed by atoms with Gasteiger partial charge in [0.15, 0.2) is 6.29 Å². The smallest absolute Gasteiger partial charge is 0.152 e. The Morgan fingerprint density at radius 3 is 3.07 bits per heavy atom. The van der Waals surface area contributed by atoms with Crippen LogP contribution >= 0.6 is 15.9 Å². The summed E-state index contributed by atoms with van der Waals surface area (Å²) in [6.07, 6.45) is 4.42. The molecule has 2 heterocycles. The Bertz CT molecular complexity index is 490. The van der Waals surface area contributed by atoms with Crippen molar-refractivity contribution in [1.29, 1.82) is 0 Å². The number of fused-ring (bicyclic) bond motifs is 1. The number of carbonyl (C=O) groups excluding carboxylic acids is 1. The Hall–Kier alpha value is -1.16. The Morgan fingerprint density at radius 2 is 2.43 bits per heavy atom. The van der Waals surface area contributed by atoms with E-state index < -0.39 is 0 Å². The molecule has 3 nitrogen and oxygen atoms in total. The molecule has 0 saturated carbocycles. The lowest BCUT2D eigenvalue weighted by Gasteiger charge is -1.98. The highest BCUT2D eigenvalue weighted by atomic mass is 79.9. The third-order valence-corrected chi connectivity index (χ3v) is 2.86. The summed E-state index contributed by atoms with van der Waals surface area (Å²) in [7, 11) is 0. The number of nitrogens with zero attached hydrogens (tertiary/aromatic N) is 2. The summed E-state index contributed by atoms with van der Waals surface area (Å²) in [5.41, 5.74) is 1.53. The van der Waals surface area contributed by atoms with Crippen molar-refractivity contribution in [2.75, 3.05) is 0 Å². The second-order valence-corrected chi connectivity index (χ2v) is 3.83. The zero-order chi connectivity index (χ0) is 10.1. The molecular weight excluding hydrogens is 244 g/mol. The molecule has 0 bridgehead atoms. The van der Waals surface area contributed by atoms with Gasteiger partial charge in [-0.05, 0) is 28.9 Å². The SMILES string of the molecule is CCn1cc(C=O)c2c(Br)ccnc21. The highest BCUT2D eigenvalue weighted by Crippen LogP contribution is 2.26. The van der Waals surface area contributed by atoms with E-state index in [9.17, 15) is 4.79 Å². The van der Waals surface area contributed by atoms with Gasteiger partial charge in [0.25, 0.3) is 0 Å². The normalized spacial score (nSPS) is 10.7. The second-order valence-electron chi connectivity index (χ2n) is 2.98. The average molecular weight is 253 g/mol. The molecule has 0 fully saturated rings. The molecule has 0 N–H and O–H groups in total. The molecule has 0 unspecified atom stereocenters. The number of rotatable bonds is 2. The molecule has 0 spiro atoms. The number of halogens is 1. The third-order valence-electron chi connectivity index (χ3n) is 2.20. The van der Waals surface area contributed by atoms with Crippen LogP contribution < -0.4 is 0 Å². The van der Waals surface area contributed by atoms with Gasteiger partial charge in [-0.1, -0.05) is 0 Å². The van der Waals surface area contributed by atoms with Crippen LogP contribution in [0.25, 0.3) is 11.0 Å². The number of carbonyl (C=O) groups is 1. The van der Waals surface area contributed by atoms with Crippen molar-refractivity contribution in [3.63, 3.8) is 0 Å². The van der Waals surface area contributed by atoms with Crippen LogP contribution in [0.3, 0.4) is 0 Å². The Morgan fingerprint density at radius 1 is 1.64 bits per heavy atom. The molecule has 0 aromatic carbocycles. The van der Waals surface area contributed by atoms with Crippen molar-refractivity contribution >= 4 is 33.2 Å². The van der Waals surface area contributed by atoms with Gasteiger partial charge >= 0.3 is 0 Å². The lowest BCUT2D eigenvalue weighted by Crippen LogP contribution is -1.92. The summed E-state index contributed by atoms with van der Waals surface area (Å²) in [4.78, 5) is 15.1. The van der Waals surface area contributed by atoms with E-state index in [2.05, 4.69) is 20.9 Å². The molecule has 2 aromatic heterocycles. The molecule has 0 atom stereocenters. The maximum absolute atomic E-state index is 10.8. The summed E-state index contributed by atoms with van der Waals surface area (Å²) in [5, 5.41) is 0.893. The van der Waals surface area contributed by atoms with Gasteiger partial charge in [0.05, 0.1) is 0 Å². The van der Waals surface area contributed by atoms with E-state index in [1.54, 1.807) is 6.20 Å². The quantitative estimate of drug-likeness (QED) is 0.771.